The molecule has 1 fully saturated rings. The van der Waals surface area contributed by atoms with Gasteiger partial charge in [-0.15, -0.1) is 0 Å². The maximum atomic E-state index is 13.6. The Bertz CT molecular complexity index is 1790. The molecule has 44 heavy (non-hydrogen) atoms. The van der Waals surface area contributed by atoms with Crippen LogP contribution in [-0.2, 0) is 14.3 Å². The lowest BCUT2D eigenvalue weighted by molar-refractivity contribution is -0.278. The summed E-state index contributed by atoms with van der Waals surface area (Å²) >= 11 is 0. The number of hydrogen-bond donors (Lipinski definition) is 7. The quantitative estimate of drug-likeness (QED) is 0.0909. The number of benzene rings is 3. The molecule has 4 aromatic rings. The number of aliphatic hydroxyl groups excluding tert-OH is 3. The van der Waals surface area contributed by atoms with Crippen molar-refractivity contribution in [3.05, 3.63) is 82.0 Å². The maximum Gasteiger partial charge on any atom is 0.330 e. The van der Waals surface area contributed by atoms with Gasteiger partial charge in [0, 0.05) is 23.8 Å². The second-order valence-corrected chi connectivity index (χ2v) is 10.1. The van der Waals surface area contributed by atoms with E-state index >= 15 is 0 Å². The SMILES string of the molecule is Cc1ccccc1/C=C/C(=O)OC[C@H]1O[C@@H](Oc2c(-c3ccc(O)c(O)c3)oc3cc(O)cc(O)c3c2=O)[C@H](O)[C@@H](O)[C@@H]1O. The van der Waals surface area contributed by atoms with Gasteiger partial charge in [0.1, 0.15) is 53.5 Å². The summed E-state index contributed by atoms with van der Waals surface area (Å²) in [6, 6.07) is 12.6. The molecule has 5 rings (SSSR count). The van der Waals surface area contributed by atoms with Crippen LogP contribution in [0.2, 0.25) is 0 Å². The molecule has 1 saturated heterocycles. The summed E-state index contributed by atoms with van der Waals surface area (Å²) in [5, 5.41) is 71.4. The molecule has 0 radical (unpaired) electrons. The number of ether oxygens (including phenoxy) is 3. The number of carbonyl (C=O) groups excluding carboxylic acids is 1. The van der Waals surface area contributed by atoms with Crippen LogP contribution in [0.15, 0.2) is 69.9 Å². The lowest BCUT2D eigenvalue weighted by atomic mass is 9.99. The minimum absolute atomic E-state index is 0.00562. The molecule has 1 aromatic heterocycles. The number of hydrogen-bond acceptors (Lipinski definition) is 13. The Labute approximate surface area is 248 Å². The van der Waals surface area contributed by atoms with Crippen LogP contribution in [0.25, 0.3) is 28.4 Å². The number of carbonyl (C=O) groups is 1. The number of aliphatic hydroxyl groups is 3. The molecule has 5 atom stereocenters. The van der Waals surface area contributed by atoms with Crippen molar-refractivity contribution in [3.8, 4) is 40.1 Å². The first kappa shape index (κ1) is 30.4. The van der Waals surface area contributed by atoms with Crippen molar-refractivity contribution in [1.82, 2.24) is 0 Å². The Hall–Kier alpha value is -5.08. The molecule has 13 nitrogen and oxygen atoms in total. The highest BCUT2D eigenvalue weighted by Crippen LogP contribution is 2.39. The molecule has 0 unspecified atom stereocenters. The Morgan fingerprint density at radius 3 is 2.39 bits per heavy atom. The molecular weight excluding hydrogens is 580 g/mol. The van der Waals surface area contributed by atoms with E-state index in [4.69, 9.17) is 18.6 Å². The van der Waals surface area contributed by atoms with E-state index in [2.05, 4.69) is 0 Å². The van der Waals surface area contributed by atoms with Crippen molar-refractivity contribution < 1.29 is 59.2 Å². The van der Waals surface area contributed by atoms with Gasteiger partial charge in [-0.2, -0.15) is 0 Å². The average Bonchev–Trinajstić information content (AvgIpc) is 2.98. The monoisotopic (exact) mass is 608 g/mol. The highest BCUT2D eigenvalue weighted by Gasteiger charge is 2.46. The fourth-order valence-electron chi connectivity index (χ4n) is 4.64. The van der Waals surface area contributed by atoms with Crippen molar-refractivity contribution in [3.63, 3.8) is 0 Å². The van der Waals surface area contributed by atoms with E-state index in [-0.39, 0.29) is 16.9 Å². The fourth-order valence-corrected chi connectivity index (χ4v) is 4.64. The van der Waals surface area contributed by atoms with Crippen molar-refractivity contribution in [1.29, 1.82) is 0 Å². The van der Waals surface area contributed by atoms with Crippen LogP contribution < -0.4 is 10.2 Å². The lowest BCUT2D eigenvalue weighted by Crippen LogP contribution is -2.60. The van der Waals surface area contributed by atoms with Gasteiger partial charge in [-0.3, -0.25) is 4.79 Å². The topological polar surface area (TPSA) is 217 Å². The van der Waals surface area contributed by atoms with Gasteiger partial charge in [-0.25, -0.2) is 4.79 Å². The van der Waals surface area contributed by atoms with Gasteiger partial charge < -0.3 is 54.4 Å². The van der Waals surface area contributed by atoms with E-state index < -0.39 is 82.8 Å². The predicted octanol–water partition coefficient (Wildman–Crippen LogP) is 2.03. The molecule has 1 aliphatic rings. The van der Waals surface area contributed by atoms with Gasteiger partial charge in [0.2, 0.25) is 17.5 Å². The van der Waals surface area contributed by atoms with Crippen molar-refractivity contribution in [2.45, 2.75) is 37.6 Å². The molecule has 0 spiro atoms. The summed E-state index contributed by atoms with van der Waals surface area (Å²) in [5.41, 5.74) is 0.427. The second kappa shape index (κ2) is 12.3. The third kappa shape index (κ3) is 6.02. The zero-order valence-corrected chi connectivity index (χ0v) is 23.0. The highest BCUT2D eigenvalue weighted by atomic mass is 16.7. The molecule has 1 aliphatic heterocycles. The lowest BCUT2D eigenvalue weighted by Gasteiger charge is -2.39. The van der Waals surface area contributed by atoms with Crippen LogP contribution >= 0.6 is 0 Å². The van der Waals surface area contributed by atoms with Gasteiger partial charge in [0.05, 0.1) is 0 Å². The third-order valence-corrected chi connectivity index (χ3v) is 7.04. The first-order valence-corrected chi connectivity index (χ1v) is 13.3. The first-order chi connectivity index (χ1) is 20.9. The predicted molar refractivity (Wildman–Crippen MR) is 153 cm³/mol. The van der Waals surface area contributed by atoms with Crippen molar-refractivity contribution in [2.24, 2.45) is 0 Å². The minimum atomic E-state index is -1.93. The average molecular weight is 609 g/mol. The number of fused-ring (bicyclic) bond motifs is 1. The van der Waals surface area contributed by atoms with Gasteiger partial charge in [-0.05, 0) is 42.3 Å². The van der Waals surface area contributed by atoms with Crippen LogP contribution in [0.4, 0.5) is 0 Å². The Balaban J connectivity index is 1.44. The molecule has 0 aliphatic carbocycles. The number of aryl methyl sites for hydroxylation is 1. The van der Waals surface area contributed by atoms with Gasteiger partial charge in [0.25, 0.3) is 0 Å². The molecule has 0 amide bonds. The molecule has 0 saturated carbocycles. The van der Waals surface area contributed by atoms with E-state index in [0.717, 1.165) is 35.4 Å². The van der Waals surface area contributed by atoms with Gasteiger partial charge >= 0.3 is 5.97 Å². The molecule has 230 valence electrons. The summed E-state index contributed by atoms with van der Waals surface area (Å²) in [5.74, 6) is -3.98. The smallest absolute Gasteiger partial charge is 0.330 e. The van der Waals surface area contributed by atoms with E-state index in [1.165, 1.54) is 18.2 Å². The van der Waals surface area contributed by atoms with Crippen LogP contribution in [0.3, 0.4) is 0 Å². The summed E-state index contributed by atoms with van der Waals surface area (Å²) in [7, 11) is 0. The Morgan fingerprint density at radius 2 is 1.66 bits per heavy atom. The van der Waals surface area contributed by atoms with E-state index in [1.54, 1.807) is 12.1 Å². The highest BCUT2D eigenvalue weighted by molar-refractivity contribution is 5.88. The second-order valence-electron chi connectivity index (χ2n) is 10.1. The molecule has 0 bridgehead atoms. The first-order valence-electron chi connectivity index (χ1n) is 13.3. The summed E-state index contributed by atoms with van der Waals surface area (Å²) in [6.45, 7) is 1.29. The number of esters is 1. The molecule has 7 N–H and O–H groups in total. The minimum Gasteiger partial charge on any atom is -0.508 e. The molecule has 13 heteroatoms. The van der Waals surface area contributed by atoms with Gasteiger partial charge in [-0.1, -0.05) is 24.3 Å². The summed E-state index contributed by atoms with van der Waals surface area (Å²) in [6.07, 6.45) is -6.09. The zero-order chi connectivity index (χ0) is 31.7. The Kier molecular flexibility index (Phi) is 8.47. The van der Waals surface area contributed by atoms with Crippen LogP contribution in [-0.4, -0.2) is 79.0 Å². The van der Waals surface area contributed by atoms with Crippen LogP contribution in [0, 0.1) is 6.92 Å². The standard InChI is InChI=1S/C31H28O13/c1-14-4-2-3-5-15(14)7-9-23(36)41-13-22-25(37)27(39)28(40)31(43-22)44-30-26(38)24-20(35)11-17(32)12-21(24)42-29(30)16-6-8-18(33)19(34)10-16/h2-12,22,25,27-28,31-35,37,39-40H,13H2,1H3/b9-7+/t22-,25-,27+,28-,31+/m1/s1. The third-order valence-electron chi connectivity index (χ3n) is 7.04. The summed E-state index contributed by atoms with van der Waals surface area (Å²) < 4.78 is 22.2. The van der Waals surface area contributed by atoms with E-state index in [9.17, 15) is 45.3 Å². The number of phenols is 4. The normalized spacial score (nSPS) is 21.9. The largest absolute Gasteiger partial charge is 0.508 e. The fraction of sp³-hybridized carbons (Fsp3) is 0.226. The number of aromatic hydroxyl groups is 4. The molecule has 3 aromatic carbocycles. The van der Waals surface area contributed by atoms with Crippen molar-refractivity contribution >= 4 is 23.0 Å². The summed E-state index contributed by atoms with van der Waals surface area (Å²) in [4.78, 5) is 25.9. The van der Waals surface area contributed by atoms with E-state index in [1.807, 2.05) is 19.1 Å². The number of phenolic OH excluding ortho intramolecular Hbond substituents is 4. The maximum absolute atomic E-state index is 13.6. The van der Waals surface area contributed by atoms with Crippen LogP contribution in [0.5, 0.6) is 28.7 Å². The Morgan fingerprint density at radius 1 is 0.909 bits per heavy atom. The van der Waals surface area contributed by atoms with Gasteiger partial charge in [0.15, 0.2) is 17.3 Å². The van der Waals surface area contributed by atoms with Crippen molar-refractivity contribution in [2.75, 3.05) is 6.61 Å². The molecular formula is C31H28O13. The zero-order valence-electron chi connectivity index (χ0n) is 23.0. The number of rotatable bonds is 7. The van der Waals surface area contributed by atoms with E-state index in [0.29, 0.717) is 0 Å². The van der Waals surface area contributed by atoms with Crippen LogP contribution in [0.1, 0.15) is 11.1 Å². The molecule has 2 heterocycles.